The van der Waals surface area contributed by atoms with Crippen molar-refractivity contribution in [2.45, 2.75) is 19.4 Å². The Bertz CT molecular complexity index is 586. The monoisotopic (exact) mass is 283 g/mol. The van der Waals surface area contributed by atoms with Gasteiger partial charge in [0.2, 0.25) is 0 Å². The Morgan fingerprint density at radius 3 is 2.72 bits per heavy atom. The van der Waals surface area contributed by atoms with Crippen molar-refractivity contribution in [2.75, 3.05) is 5.73 Å². The molecule has 18 heavy (non-hydrogen) atoms. The van der Waals surface area contributed by atoms with E-state index in [1.807, 2.05) is 4.68 Å². The molecule has 2 atom stereocenters. The van der Waals surface area contributed by atoms with Crippen molar-refractivity contribution in [2.24, 2.45) is 5.92 Å². The Morgan fingerprint density at radius 2 is 2.11 bits per heavy atom. The van der Waals surface area contributed by atoms with E-state index < -0.39 is 0 Å². The molecule has 0 amide bonds. The van der Waals surface area contributed by atoms with Crippen LogP contribution in [0.3, 0.4) is 0 Å². The van der Waals surface area contributed by atoms with Crippen LogP contribution in [-0.4, -0.2) is 20.2 Å². The fourth-order valence-corrected chi connectivity index (χ4v) is 2.33. The molecule has 1 heterocycles. The maximum atomic E-state index is 6.02. The van der Waals surface area contributed by atoms with Crippen LogP contribution in [0.5, 0.6) is 0 Å². The zero-order valence-electron chi connectivity index (χ0n) is 9.64. The van der Waals surface area contributed by atoms with Crippen molar-refractivity contribution in [1.29, 1.82) is 0 Å². The van der Waals surface area contributed by atoms with Crippen LogP contribution in [0.2, 0.25) is 10.0 Å². The van der Waals surface area contributed by atoms with Gasteiger partial charge >= 0.3 is 0 Å². The highest BCUT2D eigenvalue weighted by atomic mass is 35.5. The number of rotatable bonds is 2. The van der Waals surface area contributed by atoms with Gasteiger partial charge in [-0.15, -0.1) is 5.10 Å². The van der Waals surface area contributed by atoms with E-state index in [2.05, 4.69) is 22.4 Å². The summed E-state index contributed by atoms with van der Waals surface area (Å²) in [5.41, 5.74) is 7.01. The lowest BCUT2D eigenvalue weighted by Crippen LogP contribution is -2.02. The van der Waals surface area contributed by atoms with Crippen molar-refractivity contribution >= 4 is 28.9 Å². The third-order valence-electron chi connectivity index (χ3n) is 3.19. The predicted octanol–water partition coefficient (Wildman–Crippen LogP) is 2.81. The van der Waals surface area contributed by atoms with Gasteiger partial charge in [-0.2, -0.15) is 0 Å². The van der Waals surface area contributed by atoms with E-state index in [0.717, 1.165) is 12.0 Å². The number of hydrogen-bond donors (Lipinski definition) is 1. The number of halogens is 2. The van der Waals surface area contributed by atoms with Crippen LogP contribution < -0.4 is 5.73 Å². The van der Waals surface area contributed by atoms with E-state index >= 15 is 0 Å². The molecule has 0 bridgehead atoms. The lowest BCUT2D eigenvalue weighted by Gasteiger charge is -2.06. The van der Waals surface area contributed by atoms with Crippen LogP contribution in [0.1, 0.15) is 19.4 Å². The molecule has 1 saturated carbocycles. The van der Waals surface area contributed by atoms with Crippen molar-refractivity contribution < 1.29 is 0 Å². The molecule has 0 radical (unpaired) electrons. The average Bonchev–Trinajstić information content (AvgIpc) is 2.88. The largest absolute Gasteiger partial charge is 0.397 e. The molecular weight excluding hydrogens is 273 g/mol. The molecule has 3 rings (SSSR count). The maximum absolute atomic E-state index is 6.02. The Labute approximate surface area is 114 Å². The highest BCUT2D eigenvalue weighted by Gasteiger charge is 2.37. The van der Waals surface area contributed by atoms with Crippen LogP contribution in [0.4, 0.5) is 5.69 Å². The molecule has 0 saturated heterocycles. The van der Waals surface area contributed by atoms with Gasteiger partial charge in [0, 0.05) is 5.56 Å². The topological polar surface area (TPSA) is 69.6 Å². The van der Waals surface area contributed by atoms with E-state index in [1.165, 1.54) is 0 Å². The smallest absolute Gasteiger partial charge is 0.182 e. The second-order valence-corrected chi connectivity index (χ2v) is 5.37. The van der Waals surface area contributed by atoms with E-state index in [0.29, 0.717) is 33.5 Å². The third-order valence-corrected chi connectivity index (χ3v) is 4.01. The predicted molar refractivity (Wildman–Crippen MR) is 70.5 cm³/mol. The number of nitrogens with zero attached hydrogens (tertiary/aromatic N) is 4. The van der Waals surface area contributed by atoms with Crippen LogP contribution in [0.15, 0.2) is 12.1 Å². The highest BCUT2D eigenvalue weighted by Crippen LogP contribution is 2.44. The number of aromatic nitrogens is 4. The average molecular weight is 284 g/mol. The first-order chi connectivity index (χ1) is 8.58. The van der Waals surface area contributed by atoms with Crippen LogP contribution in [0, 0.1) is 5.92 Å². The van der Waals surface area contributed by atoms with Gasteiger partial charge in [-0.3, -0.25) is 0 Å². The summed E-state index contributed by atoms with van der Waals surface area (Å²) >= 11 is 12.0. The molecule has 1 fully saturated rings. The maximum Gasteiger partial charge on any atom is 0.182 e. The minimum Gasteiger partial charge on any atom is -0.397 e. The second kappa shape index (κ2) is 4.10. The molecule has 0 aliphatic heterocycles. The highest BCUT2D eigenvalue weighted by molar-refractivity contribution is 6.43. The number of benzene rings is 1. The normalized spacial score (nSPS) is 22.2. The Balaban J connectivity index is 2.08. The minimum absolute atomic E-state index is 0.360. The molecule has 1 aromatic carbocycles. The molecule has 94 valence electrons. The summed E-state index contributed by atoms with van der Waals surface area (Å²) in [4.78, 5) is 0. The molecule has 1 aliphatic carbocycles. The standard InChI is InChI=1S/C11H11Cl2N5/c1-5-2-9(5)18-11(15-16-17-18)6-3-7(12)10(13)8(14)4-6/h3-5,9H,2,14H2,1H3. The molecule has 2 unspecified atom stereocenters. The fraction of sp³-hybridized carbons (Fsp3) is 0.364. The number of nitrogen functional groups attached to an aromatic ring is 1. The Morgan fingerprint density at radius 1 is 1.39 bits per heavy atom. The van der Waals surface area contributed by atoms with Crippen molar-refractivity contribution in [3.8, 4) is 11.4 Å². The molecule has 1 aliphatic rings. The first-order valence-corrected chi connectivity index (χ1v) is 6.36. The summed E-state index contributed by atoms with van der Waals surface area (Å²) in [6.45, 7) is 2.17. The van der Waals surface area contributed by atoms with Gasteiger partial charge in [0.25, 0.3) is 0 Å². The molecule has 2 N–H and O–H groups in total. The zero-order chi connectivity index (χ0) is 12.9. The minimum atomic E-state index is 0.360. The molecular formula is C11H11Cl2N5. The van der Waals surface area contributed by atoms with Gasteiger partial charge < -0.3 is 5.73 Å². The summed E-state index contributed by atoms with van der Waals surface area (Å²) in [5.74, 6) is 1.28. The van der Waals surface area contributed by atoms with Gasteiger partial charge in [0.05, 0.1) is 21.8 Å². The van der Waals surface area contributed by atoms with Gasteiger partial charge in [-0.05, 0) is 34.9 Å². The van der Waals surface area contributed by atoms with Crippen molar-refractivity contribution in [1.82, 2.24) is 20.2 Å². The molecule has 2 aromatic rings. The second-order valence-electron chi connectivity index (χ2n) is 4.59. The first-order valence-electron chi connectivity index (χ1n) is 5.60. The lowest BCUT2D eigenvalue weighted by molar-refractivity contribution is 0.584. The summed E-state index contributed by atoms with van der Waals surface area (Å²) in [7, 11) is 0. The Kier molecular flexibility index (Phi) is 2.68. The molecule has 1 aromatic heterocycles. The van der Waals surface area contributed by atoms with Gasteiger partial charge in [0.15, 0.2) is 5.82 Å². The van der Waals surface area contributed by atoms with Gasteiger partial charge in [-0.1, -0.05) is 30.1 Å². The lowest BCUT2D eigenvalue weighted by atomic mass is 10.2. The van der Waals surface area contributed by atoms with Crippen molar-refractivity contribution in [3.63, 3.8) is 0 Å². The summed E-state index contributed by atoms with van der Waals surface area (Å²) in [6.07, 6.45) is 1.09. The summed E-state index contributed by atoms with van der Waals surface area (Å²) < 4.78 is 1.82. The third kappa shape index (κ3) is 1.83. The molecule has 0 spiro atoms. The number of anilines is 1. The number of nitrogens with two attached hydrogens (primary N) is 1. The molecule has 7 heteroatoms. The number of tetrazole rings is 1. The quantitative estimate of drug-likeness (QED) is 0.861. The number of hydrogen-bond acceptors (Lipinski definition) is 4. The van der Waals surface area contributed by atoms with E-state index in [-0.39, 0.29) is 0 Å². The van der Waals surface area contributed by atoms with Crippen molar-refractivity contribution in [3.05, 3.63) is 22.2 Å². The Hall–Kier alpha value is -1.33. The van der Waals surface area contributed by atoms with E-state index in [4.69, 9.17) is 28.9 Å². The SMILES string of the molecule is CC1CC1n1nnnc1-c1cc(N)c(Cl)c(Cl)c1. The zero-order valence-corrected chi connectivity index (χ0v) is 11.2. The van der Waals surface area contributed by atoms with Gasteiger partial charge in [0.1, 0.15) is 0 Å². The fourth-order valence-electron chi connectivity index (χ4n) is 1.99. The van der Waals surface area contributed by atoms with Crippen LogP contribution in [0.25, 0.3) is 11.4 Å². The van der Waals surface area contributed by atoms with Crippen LogP contribution >= 0.6 is 23.2 Å². The van der Waals surface area contributed by atoms with Gasteiger partial charge in [-0.25, -0.2) is 4.68 Å². The first kappa shape index (κ1) is 11.7. The van der Waals surface area contributed by atoms with E-state index in [1.54, 1.807) is 12.1 Å². The van der Waals surface area contributed by atoms with Crippen LogP contribution in [-0.2, 0) is 0 Å². The summed E-state index contributed by atoms with van der Waals surface area (Å²) in [5, 5.41) is 12.6. The summed E-state index contributed by atoms with van der Waals surface area (Å²) in [6, 6.07) is 3.84. The molecule has 5 nitrogen and oxygen atoms in total. The van der Waals surface area contributed by atoms with E-state index in [9.17, 15) is 0 Å².